The first kappa shape index (κ1) is 19.8. The predicted octanol–water partition coefficient (Wildman–Crippen LogP) is 5.33. The Balaban J connectivity index is 1.93. The van der Waals surface area contributed by atoms with Crippen molar-refractivity contribution in [3.05, 3.63) is 93.7 Å². The Hall–Kier alpha value is -3.52. The molecule has 0 aliphatic heterocycles. The number of hydrogen-bond acceptors (Lipinski definition) is 4. The van der Waals surface area contributed by atoms with E-state index in [0.29, 0.717) is 5.02 Å². The first-order valence-corrected chi connectivity index (χ1v) is 10.2. The fourth-order valence-corrected chi connectivity index (χ4v) is 5.06. The number of rotatable bonds is 2. The SMILES string of the molecule is N#CC1=C(N)C(C#N)(C#N)[C@H](c2ccc(Cl)cc2)[C@H]2C[C@H](c3ccccc3)CC=C12. The second-order valence-corrected chi connectivity index (χ2v) is 8.24. The summed E-state index contributed by atoms with van der Waals surface area (Å²) in [5, 5.41) is 30.7. The summed E-state index contributed by atoms with van der Waals surface area (Å²) in [6.07, 6.45) is 3.58. The van der Waals surface area contributed by atoms with Crippen molar-refractivity contribution in [2.45, 2.75) is 24.7 Å². The monoisotopic (exact) mass is 410 g/mol. The molecule has 2 aliphatic rings. The smallest absolute Gasteiger partial charge is 0.191 e. The number of hydrogen-bond donors (Lipinski definition) is 1. The number of fused-ring (bicyclic) bond motifs is 1. The van der Waals surface area contributed by atoms with E-state index < -0.39 is 11.3 Å². The van der Waals surface area contributed by atoms with Gasteiger partial charge in [-0.1, -0.05) is 60.1 Å². The number of halogens is 1. The van der Waals surface area contributed by atoms with Crippen molar-refractivity contribution in [1.29, 1.82) is 15.8 Å². The lowest BCUT2D eigenvalue weighted by molar-refractivity contribution is 0.303. The Morgan fingerprint density at radius 2 is 1.60 bits per heavy atom. The van der Waals surface area contributed by atoms with Crippen molar-refractivity contribution in [2.24, 2.45) is 17.1 Å². The summed E-state index contributed by atoms with van der Waals surface area (Å²) >= 11 is 6.09. The Morgan fingerprint density at radius 3 is 2.20 bits per heavy atom. The van der Waals surface area contributed by atoms with Crippen LogP contribution in [0.25, 0.3) is 0 Å². The molecule has 0 bridgehead atoms. The first-order chi connectivity index (χ1) is 14.6. The molecule has 0 heterocycles. The summed E-state index contributed by atoms with van der Waals surface area (Å²) < 4.78 is 0. The van der Waals surface area contributed by atoms with Gasteiger partial charge >= 0.3 is 0 Å². The molecule has 5 heteroatoms. The van der Waals surface area contributed by atoms with E-state index in [0.717, 1.165) is 24.0 Å². The second-order valence-electron chi connectivity index (χ2n) is 7.81. The highest BCUT2D eigenvalue weighted by atomic mass is 35.5. The topological polar surface area (TPSA) is 97.4 Å². The molecule has 4 rings (SSSR count). The van der Waals surface area contributed by atoms with Gasteiger partial charge in [-0.2, -0.15) is 15.8 Å². The second kappa shape index (κ2) is 7.72. The zero-order chi connectivity index (χ0) is 21.3. The van der Waals surface area contributed by atoms with Gasteiger partial charge in [-0.25, -0.2) is 0 Å². The van der Waals surface area contributed by atoms with E-state index in [4.69, 9.17) is 17.3 Å². The molecule has 0 unspecified atom stereocenters. The molecule has 0 amide bonds. The standard InChI is InChI=1S/C25H19ClN4/c26-19-9-6-17(7-10-19)23-21-12-18(16-4-2-1-3-5-16)8-11-20(21)22(13-27)24(30)25(23,14-28)15-29/h1-7,9-11,18,21,23H,8,12,30H2/t18-,21+,23-/m1/s1. The molecule has 0 spiro atoms. The lowest BCUT2D eigenvalue weighted by Gasteiger charge is -2.45. The molecular formula is C25H19ClN4. The molecule has 146 valence electrons. The summed E-state index contributed by atoms with van der Waals surface area (Å²) in [4.78, 5) is 0. The van der Waals surface area contributed by atoms with Gasteiger partial charge in [0.05, 0.1) is 23.4 Å². The van der Waals surface area contributed by atoms with Crippen molar-refractivity contribution in [3.8, 4) is 18.2 Å². The fraction of sp³-hybridized carbons (Fsp3) is 0.240. The van der Waals surface area contributed by atoms with Gasteiger partial charge in [0.25, 0.3) is 0 Å². The van der Waals surface area contributed by atoms with Gasteiger partial charge in [-0.05, 0) is 53.5 Å². The molecular weight excluding hydrogens is 392 g/mol. The molecule has 2 aromatic rings. The van der Waals surface area contributed by atoms with E-state index >= 15 is 0 Å². The Bertz CT molecular complexity index is 1140. The van der Waals surface area contributed by atoms with E-state index in [1.54, 1.807) is 12.1 Å². The third-order valence-electron chi connectivity index (χ3n) is 6.38. The lowest BCUT2D eigenvalue weighted by atomic mass is 9.55. The number of benzene rings is 2. The quantitative estimate of drug-likeness (QED) is 0.723. The number of nitrogens with two attached hydrogens (primary N) is 1. The maximum Gasteiger partial charge on any atom is 0.191 e. The van der Waals surface area contributed by atoms with Gasteiger partial charge in [-0.3, -0.25) is 0 Å². The zero-order valence-electron chi connectivity index (χ0n) is 16.2. The van der Waals surface area contributed by atoms with Gasteiger partial charge in [0.1, 0.15) is 6.07 Å². The van der Waals surface area contributed by atoms with Crippen molar-refractivity contribution >= 4 is 11.6 Å². The minimum absolute atomic E-state index is 0.0515. The molecule has 2 aliphatic carbocycles. The average molecular weight is 411 g/mol. The molecule has 4 nitrogen and oxygen atoms in total. The summed E-state index contributed by atoms with van der Waals surface area (Å²) in [5.74, 6) is -0.421. The van der Waals surface area contributed by atoms with Crippen LogP contribution in [0.3, 0.4) is 0 Å². The Labute approximate surface area is 181 Å². The predicted molar refractivity (Wildman–Crippen MR) is 115 cm³/mol. The van der Waals surface area contributed by atoms with Crippen molar-refractivity contribution in [1.82, 2.24) is 0 Å². The number of nitrogens with zero attached hydrogens (tertiary/aromatic N) is 3. The molecule has 0 radical (unpaired) electrons. The molecule has 3 atom stereocenters. The van der Waals surface area contributed by atoms with Crippen LogP contribution >= 0.6 is 11.6 Å². The third kappa shape index (κ3) is 2.96. The maximum atomic E-state index is 10.1. The summed E-state index contributed by atoms with van der Waals surface area (Å²) in [5.41, 5.74) is 7.95. The van der Waals surface area contributed by atoms with Gasteiger partial charge in [0.2, 0.25) is 0 Å². The summed E-state index contributed by atoms with van der Waals surface area (Å²) in [6, 6.07) is 24.0. The molecule has 2 aromatic carbocycles. The first-order valence-electron chi connectivity index (χ1n) is 9.79. The van der Waals surface area contributed by atoms with Crippen molar-refractivity contribution in [3.63, 3.8) is 0 Å². The highest BCUT2D eigenvalue weighted by molar-refractivity contribution is 6.30. The molecule has 2 N–H and O–H groups in total. The zero-order valence-corrected chi connectivity index (χ0v) is 17.0. The largest absolute Gasteiger partial charge is 0.399 e. The van der Waals surface area contributed by atoms with E-state index in [2.05, 4.69) is 36.4 Å². The van der Waals surface area contributed by atoms with E-state index in [1.165, 1.54) is 5.56 Å². The van der Waals surface area contributed by atoms with E-state index in [-0.39, 0.29) is 23.1 Å². The molecule has 0 aromatic heterocycles. The average Bonchev–Trinajstić information content (AvgIpc) is 2.79. The Morgan fingerprint density at radius 1 is 0.933 bits per heavy atom. The number of nitriles is 3. The molecule has 0 fully saturated rings. The van der Waals surface area contributed by atoms with Gasteiger partial charge < -0.3 is 5.73 Å². The van der Waals surface area contributed by atoms with Crippen LogP contribution in [-0.4, -0.2) is 0 Å². The van der Waals surface area contributed by atoms with Gasteiger partial charge in [0.15, 0.2) is 5.41 Å². The highest BCUT2D eigenvalue weighted by Crippen LogP contribution is 2.57. The normalized spacial score (nSPS) is 24.6. The van der Waals surface area contributed by atoms with Crippen LogP contribution in [0.2, 0.25) is 5.02 Å². The third-order valence-corrected chi connectivity index (χ3v) is 6.63. The molecule has 0 saturated heterocycles. The van der Waals surface area contributed by atoms with Crippen LogP contribution in [0.5, 0.6) is 0 Å². The van der Waals surface area contributed by atoms with Crippen LogP contribution in [0, 0.1) is 45.3 Å². The molecule has 30 heavy (non-hydrogen) atoms. The summed E-state index contributed by atoms with van der Waals surface area (Å²) in [6.45, 7) is 0. The minimum Gasteiger partial charge on any atom is -0.399 e. The Kier molecular flexibility index (Phi) is 5.09. The summed E-state index contributed by atoms with van der Waals surface area (Å²) in [7, 11) is 0. The number of allylic oxidation sites excluding steroid dienone is 4. The van der Waals surface area contributed by atoms with Crippen LogP contribution in [0.15, 0.2) is 77.5 Å². The van der Waals surface area contributed by atoms with Crippen molar-refractivity contribution < 1.29 is 0 Å². The maximum absolute atomic E-state index is 10.1. The van der Waals surface area contributed by atoms with Crippen LogP contribution in [0.1, 0.15) is 35.8 Å². The minimum atomic E-state index is -1.61. The highest BCUT2D eigenvalue weighted by Gasteiger charge is 2.54. The van der Waals surface area contributed by atoms with Crippen LogP contribution in [-0.2, 0) is 0 Å². The lowest BCUT2D eigenvalue weighted by Crippen LogP contribution is -2.43. The fourth-order valence-electron chi connectivity index (χ4n) is 4.93. The van der Waals surface area contributed by atoms with Crippen LogP contribution in [0.4, 0.5) is 0 Å². The van der Waals surface area contributed by atoms with E-state index in [9.17, 15) is 15.8 Å². The van der Waals surface area contributed by atoms with Gasteiger partial charge in [0, 0.05) is 10.9 Å². The van der Waals surface area contributed by atoms with Gasteiger partial charge in [-0.15, -0.1) is 0 Å². The van der Waals surface area contributed by atoms with Crippen LogP contribution < -0.4 is 5.73 Å². The molecule has 0 saturated carbocycles. The van der Waals surface area contributed by atoms with Crippen molar-refractivity contribution in [2.75, 3.05) is 0 Å². The van der Waals surface area contributed by atoms with E-state index in [1.807, 2.05) is 30.3 Å².